The molecular weight excluding hydrogens is 252 g/mol. The minimum atomic E-state index is 1.02. The second kappa shape index (κ2) is 5.57. The standard InChI is InChI=1S/C16H18N2S/c1-2-6-16-17-14-8-3-4-9-15(14)18(16)11-10-13-7-5-12-19-13/h3-5,7-9,12H,2,6,10-11H2,1H3. The van der Waals surface area contributed by atoms with Crippen LogP contribution in [0.15, 0.2) is 41.8 Å². The van der Waals surface area contributed by atoms with Gasteiger partial charge >= 0.3 is 0 Å². The number of fused-ring (bicyclic) bond motifs is 1. The number of aryl methyl sites for hydroxylation is 3. The number of hydrogen-bond donors (Lipinski definition) is 0. The first-order chi connectivity index (χ1) is 9.38. The number of thiophene rings is 1. The normalized spacial score (nSPS) is 11.2. The molecule has 98 valence electrons. The molecule has 0 N–H and O–H groups in total. The molecule has 3 rings (SSSR count). The Balaban J connectivity index is 1.92. The number of benzene rings is 1. The van der Waals surface area contributed by atoms with Gasteiger partial charge in [-0.3, -0.25) is 0 Å². The average molecular weight is 270 g/mol. The summed E-state index contributed by atoms with van der Waals surface area (Å²) in [6.45, 7) is 3.24. The molecule has 2 heterocycles. The van der Waals surface area contributed by atoms with E-state index in [0.29, 0.717) is 0 Å². The van der Waals surface area contributed by atoms with Crippen LogP contribution in [0, 0.1) is 0 Å². The van der Waals surface area contributed by atoms with Crippen molar-refractivity contribution in [3.63, 3.8) is 0 Å². The van der Waals surface area contributed by atoms with Crippen molar-refractivity contribution in [2.75, 3.05) is 0 Å². The van der Waals surface area contributed by atoms with Crippen molar-refractivity contribution in [1.82, 2.24) is 9.55 Å². The van der Waals surface area contributed by atoms with Crippen LogP contribution in [0.5, 0.6) is 0 Å². The number of imidazole rings is 1. The predicted molar refractivity (Wildman–Crippen MR) is 81.8 cm³/mol. The molecule has 0 unspecified atom stereocenters. The Labute approximate surface area is 117 Å². The summed E-state index contributed by atoms with van der Waals surface area (Å²) < 4.78 is 2.39. The second-order valence-corrected chi connectivity index (χ2v) is 5.78. The van der Waals surface area contributed by atoms with Crippen molar-refractivity contribution in [1.29, 1.82) is 0 Å². The van der Waals surface area contributed by atoms with Crippen LogP contribution in [0.3, 0.4) is 0 Å². The van der Waals surface area contributed by atoms with Gasteiger partial charge in [-0.1, -0.05) is 25.1 Å². The Kier molecular flexibility index (Phi) is 3.65. The zero-order chi connectivity index (χ0) is 13.1. The first-order valence-corrected chi connectivity index (χ1v) is 7.73. The van der Waals surface area contributed by atoms with Gasteiger partial charge in [-0.2, -0.15) is 0 Å². The van der Waals surface area contributed by atoms with Gasteiger partial charge in [0.2, 0.25) is 0 Å². The SMILES string of the molecule is CCCc1nc2ccccc2n1CCc1cccs1. The topological polar surface area (TPSA) is 17.8 Å². The number of nitrogens with zero attached hydrogens (tertiary/aromatic N) is 2. The minimum absolute atomic E-state index is 1.02. The van der Waals surface area contributed by atoms with E-state index in [-0.39, 0.29) is 0 Å². The highest BCUT2D eigenvalue weighted by Gasteiger charge is 2.09. The van der Waals surface area contributed by atoms with Crippen LogP contribution in [0.4, 0.5) is 0 Å². The lowest BCUT2D eigenvalue weighted by molar-refractivity contribution is 0.662. The molecule has 0 saturated carbocycles. The molecule has 3 heteroatoms. The molecule has 2 nitrogen and oxygen atoms in total. The molecule has 0 amide bonds. The first-order valence-electron chi connectivity index (χ1n) is 6.85. The molecule has 1 aromatic carbocycles. The fraction of sp³-hybridized carbons (Fsp3) is 0.312. The number of rotatable bonds is 5. The van der Waals surface area contributed by atoms with Crippen LogP contribution in [-0.2, 0) is 19.4 Å². The molecule has 2 aromatic heterocycles. The quantitative estimate of drug-likeness (QED) is 0.676. The third kappa shape index (κ3) is 2.56. The Morgan fingerprint density at radius 2 is 2.00 bits per heavy atom. The Hall–Kier alpha value is -1.61. The molecule has 0 saturated heterocycles. The fourth-order valence-corrected chi connectivity index (χ4v) is 3.16. The summed E-state index contributed by atoms with van der Waals surface area (Å²) in [5, 5.41) is 2.15. The minimum Gasteiger partial charge on any atom is -0.328 e. The number of aromatic nitrogens is 2. The molecule has 0 radical (unpaired) electrons. The largest absolute Gasteiger partial charge is 0.328 e. The van der Waals surface area contributed by atoms with Gasteiger partial charge in [0.05, 0.1) is 11.0 Å². The van der Waals surface area contributed by atoms with Gasteiger partial charge in [0, 0.05) is 17.8 Å². The van der Waals surface area contributed by atoms with Crippen molar-refractivity contribution < 1.29 is 0 Å². The van der Waals surface area contributed by atoms with Crippen LogP contribution in [0.1, 0.15) is 24.0 Å². The molecule has 19 heavy (non-hydrogen) atoms. The van der Waals surface area contributed by atoms with E-state index >= 15 is 0 Å². The molecule has 3 aromatic rings. The van der Waals surface area contributed by atoms with Crippen molar-refractivity contribution in [2.45, 2.75) is 32.7 Å². The van der Waals surface area contributed by atoms with E-state index in [1.807, 2.05) is 11.3 Å². The maximum absolute atomic E-state index is 4.77. The second-order valence-electron chi connectivity index (χ2n) is 4.75. The molecule has 0 aliphatic heterocycles. The van der Waals surface area contributed by atoms with Crippen LogP contribution < -0.4 is 0 Å². The predicted octanol–water partition coefficient (Wildman–Crippen LogP) is 4.29. The van der Waals surface area contributed by atoms with Gasteiger partial charge in [0.25, 0.3) is 0 Å². The summed E-state index contributed by atoms with van der Waals surface area (Å²) in [7, 11) is 0. The monoisotopic (exact) mass is 270 g/mol. The van der Waals surface area contributed by atoms with Crippen LogP contribution in [0.25, 0.3) is 11.0 Å². The van der Waals surface area contributed by atoms with Crippen LogP contribution in [0.2, 0.25) is 0 Å². The summed E-state index contributed by atoms with van der Waals surface area (Å²) in [6, 6.07) is 12.8. The van der Waals surface area contributed by atoms with Gasteiger partial charge in [-0.05, 0) is 36.4 Å². The van der Waals surface area contributed by atoms with E-state index < -0.39 is 0 Å². The Bertz CT molecular complexity index is 653. The summed E-state index contributed by atoms with van der Waals surface area (Å²) >= 11 is 1.84. The zero-order valence-electron chi connectivity index (χ0n) is 11.2. The molecular formula is C16H18N2S. The summed E-state index contributed by atoms with van der Waals surface area (Å²) in [4.78, 5) is 6.21. The van der Waals surface area contributed by atoms with E-state index in [9.17, 15) is 0 Å². The third-order valence-corrected chi connectivity index (χ3v) is 4.31. The van der Waals surface area contributed by atoms with Crippen molar-refractivity contribution in [3.05, 3.63) is 52.5 Å². The van der Waals surface area contributed by atoms with Crippen molar-refractivity contribution >= 4 is 22.4 Å². The lowest BCUT2D eigenvalue weighted by Crippen LogP contribution is -2.05. The van der Waals surface area contributed by atoms with E-state index in [1.54, 1.807) is 0 Å². The highest BCUT2D eigenvalue weighted by Crippen LogP contribution is 2.19. The number of para-hydroxylation sites is 2. The van der Waals surface area contributed by atoms with E-state index in [2.05, 4.69) is 53.3 Å². The molecule has 0 fully saturated rings. The summed E-state index contributed by atoms with van der Waals surface area (Å²) in [5.41, 5.74) is 2.39. The highest BCUT2D eigenvalue weighted by atomic mass is 32.1. The molecule has 0 bridgehead atoms. The third-order valence-electron chi connectivity index (χ3n) is 3.37. The molecule has 0 spiro atoms. The van der Waals surface area contributed by atoms with Crippen molar-refractivity contribution in [3.8, 4) is 0 Å². The fourth-order valence-electron chi connectivity index (χ4n) is 2.47. The smallest absolute Gasteiger partial charge is 0.109 e. The van der Waals surface area contributed by atoms with Gasteiger partial charge in [0.15, 0.2) is 0 Å². The summed E-state index contributed by atoms with van der Waals surface area (Å²) in [5.74, 6) is 1.22. The summed E-state index contributed by atoms with van der Waals surface area (Å²) in [6.07, 6.45) is 3.29. The molecule has 0 aliphatic rings. The maximum atomic E-state index is 4.77. The highest BCUT2D eigenvalue weighted by molar-refractivity contribution is 7.09. The van der Waals surface area contributed by atoms with Crippen LogP contribution in [-0.4, -0.2) is 9.55 Å². The maximum Gasteiger partial charge on any atom is 0.109 e. The lowest BCUT2D eigenvalue weighted by atomic mass is 10.3. The van der Waals surface area contributed by atoms with Gasteiger partial charge < -0.3 is 4.57 Å². The molecule has 0 atom stereocenters. The van der Waals surface area contributed by atoms with Gasteiger partial charge in [0.1, 0.15) is 5.82 Å². The van der Waals surface area contributed by atoms with Crippen molar-refractivity contribution in [2.24, 2.45) is 0 Å². The molecule has 0 aliphatic carbocycles. The van der Waals surface area contributed by atoms with Gasteiger partial charge in [-0.25, -0.2) is 4.98 Å². The lowest BCUT2D eigenvalue weighted by Gasteiger charge is -2.07. The Morgan fingerprint density at radius 3 is 2.79 bits per heavy atom. The van der Waals surface area contributed by atoms with Gasteiger partial charge in [-0.15, -0.1) is 11.3 Å². The average Bonchev–Trinajstić information content (AvgIpc) is 3.04. The van der Waals surface area contributed by atoms with Crippen LogP contribution >= 0.6 is 11.3 Å². The zero-order valence-corrected chi connectivity index (χ0v) is 12.0. The number of hydrogen-bond acceptors (Lipinski definition) is 2. The Morgan fingerprint density at radius 1 is 1.11 bits per heavy atom. The first kappa shape index (κ1) is 12.4. The van der Waals surface area contributed by atoms with E-state index in [0.717, 1.165) is 31.3 Å². The van der Waals surface area contributed by atoms with E-state index in [4.69, 9.17) is 4.98 Å². The van der Waals surface area contributed by atoms with E-state index in [1.165, 1.54) is 16.2 Å².